The number of urea groups is 1. The Kier molecular flexibility index (Phi) is 6.65. The van der Waals surface area contributed by atoms with Crippen LogP contribution in [0.1, 0.15) is 15.9 Å². The molecular formula is C18H21N3O2. The van der Waals surface area contributed by atoms with Crippen LogP contribution in [0.25, 0.3) is 0 Å². The van der Waals surface area contributed by atoms with Gasteiger partial charge in [-0.15, -0.1) is 0 Å². The molecule has 3 N–H and O–H groups in total. The van der Waals surface area contributed by atoms with E-state index in [1.165, 1.54) is 5.56 Å². The Balaban J connectivity index is 1.55. The van der Waals surface area contributed by atoms with Gasteiger partial charge < -0.3 is 16.0 Å². The normalized spacial score (nSPS) is 9.91. The van der Waals surface area contributed by atoms with Crippen LogP contribution in [0.4, 0.5) is 4.79 Å². The van der Waals surface area contributed by atoms with Crippen LogP contribution in [0.3, 0.4) is 0 Å². The van der Waals surface area contributed by atoms with E-state index in [1.807, 2.05) is 48.5 Å². The van der Waals surface area contributed by atoms with Gasteiger partial charge in [-0.05, 0) is 24.1 Å². The molecule has 0 bridgehead atoms. The smallest absolute Gasteiger partial charge is 0.314 e. The molecule has 2 aromatic rings. The zero-order valence-electron chi connectivity index (χ0n) is 12.9. The Bertz CT molecular complexity index is 615. The summed E-state index contributed by atoms with van der Waals surface area (Å²) in [7, 11) is 0. The van der Waals surface area contributed by atoms with Crippen molar-refractivity contribution in [3.63, 3.8) is 0 Å². The molecule has 0 radical (unpaired) electrons. The van der Waals surface area contributed by atoms with E-state index in [4.69, 9.17) is 0 Å². The van der Waals surface area contributed by atoms with Gasteiger partial charge in [-0.2, -0.15) is 0 Å². The second kappa shape index (κ2) is 9.25. The van der Waals surface area contributed by atoms with Crippen LogP contribution >= 0.6 is 0 Å². The Labute approximate surface area is 136 Å². The second-order valence-electron chi connectivity index (χ2n) is 5.04. The van der Waals surface area contributed by atoms with Crippen molar-refractivity contribution in [2.75, 3.05) is 19.6 Å². The number of hydrogen-bond acceptors (Lipinski definition) is 2. The lowest BCUT2D eigenvalue weighted by molar-refractivity contribution is 0.0954. The summed E-state index contributed by atoms with van der Waals surface area (Å²) in [6, 6.07) is 18.7. The first-order chi connectivity index (χ1) is 11.3. The highest BCUT2D eigenvalue weighted by Crippen LogP contribution is 1.98. The number of nitrogens with one attached hydrogen (secondary N) is 3. The molecule has 5 heteroatoms. The van der Waals surface area contributed by atoms with Crippen LogP contribution < -0.4 is 16.0 Å². The zero-order chi connectivity index (χ0) is 16.3. The maximum absolute atomic E-state index is 11.8. The topological polar surface area (TPSA) is 70.2 Å². The monoisotopic (exact) mass is 311 g/mol. The molecule has 0 atom stereocenters. The molecule has 23 heavy (non-hydrogen) atoms. The maximum Gasteiger partial charge on any atom is 0.314 e. The van der Waals surface area contributed by atoms with Gasteiger partial charge in [0.05, 0.1) is 0 Å². The van der Waals surface area contributed by atoms with Crippen LogP contribution in [-0.4, -0.2) is 31.6 Å². The molecule has 0 unspecified atom stereocenters. The Morgan fingerprint density at radius 1 is 0.696 bits per heavy atom. The minimum atomic E-state index is -0.227. The quantitative estimate of drug-likeness (QED) is 0.684. The van der Waals surface area contributed by atoms with E-state index in [-0.39, 0.29) is 11.9 Å². The number of benzene rings is 2. The molecule has 0 saturated carbocycles. The minimum Gasteiger partial charge on any atom is -0.350 e. The summed E-state index contributed by atoms with van der Waals surface area (Å²) in [4.78, 5) is 23.4. The highest BCUT2D eigenvalue weighted by Gasteiger charge is 2.03. The van der Waals surface area contributed by atoms with Crippen LogP contribution in [0, 0.1) is 0 Å². The van der Waals surface area contributed by atoms with Crippen molar-refractivity contribution in [3.05, 3.63) is 71.8 Å². The fourth-order valence-electron chi connectivity index (χ4n) is 2.07. The molecule has 0 saturated heterocycles. The van der Waals surface area contributed by atoms with Crippen molar-refractivity contribution in [2.24, 2.45) is 0 Å². The fraction of sp³-hybridized carbons (Fsp3) is 0.222. The summed E-state index contributed by atoms with van der Waals surface area (Å²) in [5.41, 5.74) is 1.79. The highest BCUT2D eigenvalue weighted by molar-refractivity contribution is 5.94. The fourth-order valence-corrected chi connectivity index (χ4v) is 2.07. The van der Waals surface area contributed by atoms with Crippen LogP contribution in [0.15, 0.2) is 60.7 Å². The standard InChI is InChI=1S/C18H21N3O2/c22-17(16-9-5-2-6-10-16)19-13-14-21-18(23)20-12-11-15-7-3-1-4-8-15/h1-10H,11-14H2,(H,19,22)(H2,20,21,23). The maximum atomic E-state index is 11.8. The van der Waals surface area contributed by atoms with E-state index in [0.29, 0.717) is 25.2 Å². The summed E-state index contributed by atoms with van der Waals surface area (Å²) in [6.45, 7) is 1.35. The molecular weight excluding hydrogens is 290 g/mol. The van der Waals surface area contributed by atoms with Gasteiger partial charge >= 0.3 is 6.03 Å². The summed E-state index contributed by atoms with van der Waals surface area (Å²) in [5.74, 6) is -0.142. The van der Waals surface area contributed by atoms with Gasteiger partial charge in [0.1, 0.15) is 0 Å². The average Bonchev–Trinajstić information content (AvgIpc) is 2.60. The van der Waals surface area contributed by atoms with Crippen LogP contribution in [-0.2, 0) is 6.42 Å². The first kappa shape index (κ1) is 16.5. The van der Waals surface area contributed by atoms with Crippen molar-refractivity contribution in [1.82, 2.24) is 16.0 Å². The number of carbonyl (C=O) groups is 2. The third-order valence-electron chi connectivity index (χ3n) is 3.27. The molecule has 120 valence electrons. The summed E-state index contributed by atoms with van der Waals surface area (Å²) in [6.07, 6.45) is 0.791. The van der Waals surface area contributed by atoms with Gasteiger partial charge in [0.2, 0.25) is 0 Å². The molecule has 0 heterocycles. The van der Waals surface area contributed by atoms with E-state index in [9.17, 15) is 9.59 Å². The average molecular weight is 311 g/mol. The molecule has 0 aliphatic carbocycles. The molecule has 0 spiro atoms. The van der Waals surface area contributed by atoms with Gasteiger partial charge in [-0.1, -0.05) is 48.5 Å². The molecule has 0 aromatic heterocycles. The van der Waals surface area contributed by atoms with Gasteiger partial charge in [-0.25, -0.2) is 4.79 Å². The Morgan fingerprint density at radius 3 is 1.96 bits per heavy atom. The Hall–Kier alpha value is -2.82. The predicted molar refractivity (Wildman–Crippen MR) is 90.3 cm³/mol. The van der Waals surface area contributed by atoms with Crippen LogP contribution in [0.2, 0.25) is 0 Å². The summed E-state index contributed by atoms with van der Waals surface area (Å²) >= 11 is 0. The summed E-state index contributed by atoms with van der Waals surface area (Å²) in [5, 5.41) is 8.25. The molecule has 5 nitrogen and oxygen atoms in total. The molecule has 0 aliphatic heterocycles. The van der Waals surface area contributed by atoms with E-state index >= 15 is 0 Å². The lowest BCUT2D eigenvalue weighted by Gasteiger charge is -2.09. The lowest BCUT2D eigenvalue weighted by Crippen LogP contribution is -2.40. The molecule has 0 aliphatic rings. The minimum absolute atomic E-state index is 0.142. The molecule has 2 aromatic carbocycles. The van der Waals surface area contributed by atoms with Gasteiger partial charge in [0.25, 0.3) is 5.91 Å². The molecule has 2 rings (SSSR count). The molecule has 0 fully saturated rings. The van der Waals surface area contributed by atoms with Gasteiger partial charge in [0, 0.05) is 25.2 Å². The number of hydrogen-bond donors (Lipinski definition) is 3. The van der Waals surface area contributed by atoms with E-state index < -0.39 is 0 Å². The number of amides is 3. The van der Waals surface area contributed by atoms with Crippen molar-refractivity contribution >= 4 is 11.9 Å². The number of rotatable bonds is 7. The van der Waals surface area contributed by atoms with E-state index in [0.717, 1.165) is 6.42 Å². The van der Waals surface area contributed by atoms with Gasteiger partial charge in [-0.3, -0.25) is 4.79 Å². The van der Waals surface area contributed by atoms with Crippen molar-refractivity contribution in [2.45, 2.75) is 6.42 Å². The SMILES string of the molecule is O=C(NCCNC(=O)c1ccccc1)NCCc1ccccc1. The largest absolute Gasteiger partial charge is 0.350 e. The molecule has 3 amide bonds. The third-order valence-corrected chi connectivity index (χ3v) is 3.27. The highest BCUT2D eigenvalue weighted by atomic mass is 16.2. The van der Waals surface area contributed by atoms with Crippen molar-refractivity contribution in [3.8, 4) is 0 Å². The Morgan fingerprint density at radius 2 is 1.26 bits per heavy atom. The van der Waals surface area contributed by atoms with Crippen LogP contribution in [0.5, 0.6) is 0 Å². The lowest BCUT2D eigenvalue weighted by atomic mass is 10.1. The van der Waals surface area contributed by atoms with Gasteiger partial charge in [0.15, 0.2) is 0 Å². The number of carbonyl (C=O) groups excluding carboxylic acids is 2. The zero-order valence-corrected chi connectivity index (χ0v) is 12.9. The predicted octanol–water partition coefficient (Wildman–Crippen LogP) is 1.96. The first-order valence-electron chi connectivity index (χ1n) is 7.64. The van der Waals surface area contributed by atoms with E-state index in [2.05, 4.69) is 16.0 Å². The first-order valence-corrected chi connectivity index (χ1v) is 7.64. The van der Waals surface area contributed by atoms with Crippen molar-refractivity contribution in [1.29, 1.82) is 0 Å². The third kappa shape index (κ3) is 6.22. The van der Waals surface area contributed by atoms with E-state index in [1.54, 1.807) is 12.1 Å². The van der Waals surface area contributed by atoms with Crippen molar-refractivity contribution < 1.29 is 9.59 Å². The second-order valence-corrected chi connectivity index (χ2v) is 5.04. The summed E-state index contributed by atoms with van der Waals surface area (Å²) < 4.78 is 0.